The molecule has 6 nitrogen and oxygen atoms in total. The van der Waals surface area contributed by atoms with Crippen LogP contribution >= 0.6 is 0 Å². The Kier molecular flexibility index (Phi) is 6.16. The first kappa shape index (κ1) is 19.0. The molecular weight excluding hydrogens is 351 g/mol. The number of carbonyl (C=O) groups is 2. The number of hydrogen-bond donors (Lipinski definition) is 2. The van der Waals surface area contributed by atoms with Crippen molar-refractivity contribution in [1.29, 1.82) is 0 Å². The molecule has 0 spiro atoms. The Bertz CT molecular complexity index is 804. The van der Waals surface area contributed by atoms with Gasteiger partial charge in [-0.1, -0.05) is 30.3 Å². The Morgan fingerprint density at radius 3 is 2.41 bits per heavy atom. The number of rotatable bonds is 6. The molecule has 2 aromatic carbocycles. The molecule has 3 rings (SSSR count). The molecule has 0 saturated carbocycles. The van der Waals surface area contributed by atoms with E-state index in [0.717, 1.165) is 5.56 Å². The minimum Gasteiger partial charge on any atom is -0.478 e. The Labute approximate surface area is 156 Å². The van der Waals surface area contributed by atoms with Gasteiger partial charge in [0.25, 0.3) is 0 Å². The van der Waals surface area contributed by atoms with E-state index in [-0.39, 0.29) is 18.0 Å². The average molecular weight is 372 g/mol. The number of nitrogens with zero attached hydrogens (tertiary/aromatic N) is 1. The molecule has 2 aromatic rings. The lowest BCUT2D eigenvalue weighted by Gasteiger charge is -2.34. The number of amides is 1. The molecule has 1 aliphatic rings. The molecule has 0 aromatic heterocycles. The number of carbonyl (C=O) groups excluding carboxylic acids is 1. The van der Waals surface area contributed by atoms with Crippen LogP contribution in [0.5, 0.6) is 0 Å². The predicted octanol–water partition coefficient (Wildman–Crippen LogP) is 2.21. The first-order chi connectivity index (χ1) is 13.1. The van der Waals surface area contributed by atoms with Gasteiger partial charge in [-0.15, -0.1) is 0 Å². The molecule has 1 saturated heterocycles. The minimum atomic E-state index is -1.00. The van der Waals surface area contributed by atoms with E-state index in [1.54, 1.807) is 30.3 Å². The molecule has 1 atom stereocenters. The van der Waals surface area contributed by atoms with E-state index < -0.39 is 17.8 Å². The maximum Gasteiger partial charge on any atom is 0.335 e. The van der Waals surface area contributed by atoms with Gasteiger partial charge in [0, 0.05) is 25.2 Å². The summed E-state index contributed by atoms with van der Waals surface area (Å²) in [5.74, 6) is -1.73. The minimum absolute atomic E-state index is 0.183. The highest BCUT2D eigenvalue weighted by atomic mass is 19.1. The van der Waals surface area contributed by atoms with Crippen molar-refractivity contribution in [3.05, 3.63) is 71.0 Å². The fourth-order valence-corrected chi connectivity index (χ4v) is 3.09. The largest absolute Gasteiger partial charge is 0.478 e. The second-order valence-electron chi connectivity index (χ2n) is 6.29. The van der Waals surface area contributed by atoms with Crippen LogP contribution in [0.15, 0.2) is 48.5 Å². The summed E-state index contributed by atoms with van der Waals surface area (Å²) in [4.78, 5) is 25.7. The topological polar surface area (TPSA) is 78.9 Å². The maximum absolute atomic E-state index is 14.3. The van der Waals surface area contributed by atoms with E-state index in [2.05, 4.69) is 5.32 Å². The summed E-state index contributed by atoms with van der Waals surface area (Å²) < 4.78 is 19.7. The van der Waals surface area contributed by atoms with Crippen LogP contribution in [-0.4, -0.2) is 48.2 Å². The highest BCUT2D eigenvalue weighted by Crippen LogP contribution is 2.24. The maximum atomic E-state index is 14.3. The van der Waals surface area contributed by atoms with Crippen LogP contribution in [0, 0.1) is 5.82 Å². The van der Waals surface area contributed by atoms with E-state index in [1.165, 1.54) is 18.2 Å². The van der Waals surface area contributed by atoms with Gasteiger partial charge in [-0.3, -0.25) is 9.69 Å². The predicted molar refractivity (Wildman–Crippen MR) is 96.8 cm³/mol. The molecule has 1 amide bonds. The van der Waals surface area contributed by atoms with Crippen LogP contribution < -0.4 is 5.32 Å². The monoisotopic (exact) mass is 372 g/mol. The summed E-state index contributed by atoms with van der Waals surface area (Å²) in [6.07, 6.45) is 0. The number of carboxylic acid groups (broad SMARTS) is 1. The third-order valence-electron chi connectivity index (χ3n) is 4.53. The van der Waals surface area contributed by atoms with E-state index in [1.807, 2.05) is 4.90 Å². The zero-order chi connectivity index (χ0) is 19.2. The number of ether oxygens (including phenoxy) is 1. The smallest absolute Gasteiger partial charge is 0.335 e. The van der Waals surface area contributed by atoms with Gasteiger partial charge in [-0.25, -0.2) is 9.18 Å². The number of morpholine rings is 1. The lowest BCUT2D eigenvalue weighted by molar-refractivity contribution is -0.128. The molecule has 1 aliphatic heterocycles. The Balaban J connectivity index is 1.74. The van der Waals surface area contributed by atoms with E-state index in [9.17, 15) is 14.0 Å². The highest BCUT2D eigenvalue weighted by Gasteiger charge is 2.30. The van der Waals surface area contributed by atoms with Crippen molar-refractivity contribution in [2.75, 3.05) is 26.3 Å². The Hall–Kier alpha value is -2.77. The van der Waals surface area contributed by atoms with Gasteiger partial charge in [-0.2, -0.15) is 0 Å². The van der Waals surface area contributed by atoms with Crippen LogP contribution in [0.2, 0.25) is 0 Å². The summed E-state index contributed by atoms with van der Waals surface area (Å²) in [6.45, 7) is 2.30. The van der Waals surface area contributed by atoms with Gasteiger partial charge in [0.15, 0.2) is 0 Å². The van der Waals surface area contributed by atoms with Gasteiger partial charge in [0.2, 0.25) is 5.91 Å². The van der Waals surface area contributed by atoms with Crippen LogP contribution in [0.1, 0.15) is 27.5 Å². The molecule has 0 radical (unpaired) electrons. The number of nitrogens with one attached hydrogen (secondary N) is 1. The third kappa shape index (κ3) is 4.69. The zero-order valence-corrected chi connectivity index (χ0v) is 14.7. The first-order valence-corrected chi connectivity index (χ1v) is 8.72. The van der Waals surface area contributed by atoms with Crippen molar-refractivity contribution in [3.63, 3.8) is 0 Å². The molecular formula is C20H21FN2O4. The fraction of sp³-hybridized carbons (Fsp3) is 0.300. The lowest BCUT2D eigenvalue weighted by atomic mass is 10.0. The SMILES string of the molecule is O=C(O)c1ccc(CNC(=O)C(c2ccccc2F)N2CCOCC2)cc1. The first-order valence-electron chi connectivity index (χ1n) is 8.72. The van der Waals surface area contributed by atoms with Gasteiger partial charge in [-0.05, 0) is 23.8 Å². The summed E-state index contributed by atoms with van der Waals surface area (Å²) in [5, 5.41) is 11.8. The van der Waals surface area contributed by atoms with Crippen molar-refractivity contribution >= 4 is 11.9 Å². The van der Waals surface area contributed by atoms with Crippen molar-refractivity contribution in [2.24, 2.45) is 0 Å². The Morgan fingerprint density at radius 1 is 1.11 bits per heavy atom. The average Bonchev–Trinajstić information content (AvgIpc) is 2.69. The normalized spacial score (nSPS) is 15.9. The van der Waals surface area contributed by atoms with Crippen molar-refractivity contribution in [2.45, 2.75) is 12.6 Å². The van der Waals surface area contributed by atoms with Gasteiger partial charge in [0.1, 0.15) is 11.9 Å². The molecule has 0 bridgehead atoms. The third-order valence-corrected chi connectivity index (χ3v) is 4.53. The van der Waals surface area contributed by atoms with Gasteiger partial charge in [0.05, 0.1) is 18.8 Å². The highest BCUT2D eigenvalue weighted by molar-refractivity contribution is 5.87. The van der Waals surface area contributed by atoms with Crippen molar-refractivity contribution in [1.82, 2.24) is 10.2 Å². The number of benzene rings is 2. The summed E-state index contributed by atoms with van der Waals surface area (Å²) in [5.41, 5.74) is 1.28. The van der Waals surface area contributed by atoms with Crippen molar-refractivity contribution < 1.29 is 23.8 Å². The molecule has 142 valence electrons. The molecule has 0 aliphatic carbocycles. The number of hydrogen-bond acceptors (Lipinski definition) is 4. The molecule has 1 heterocycles. The summed E-state index contributed by atoms with van der Waals surface area (Å²) in [6, 6.07) is 11.8. The second-order valence-corrected chi connectivity index (χ2v) is 6.29. The van der Waals surface area contributed by atoms with E-state index in [4.69, 9.17) is 9.84 Å². The standard InChI is InChI=1S/C20H21FN2O4/c21-17-4-2-1-3-16(17)18(23-9-11-27-12-10-23)19(24)22-13-14-5-7-15(8-6-14)20(25)26/h1-8,18H,9-13H2,(H,22,24)(H,25,26). The van der Waals surface area contributed by atoms with Crippen LogP contribution in [0.3, 0.4) is 0 Å². The van der Waals surface area contributed by atoms with Gasteiger partial charge >= 0.3 is 5.97 Å². The quantitative estimate of drug-likeness (QED) is 0.813. The molecule has 27 heavy (non-hydrogen) atoms. The number of halogens is 1. The number of carboxylic acids is 1. The second kappa shape index (κ2) is 8.75. The van der Waals surface area contributed by atoms with Crippen LogP contribution in [0.25, 0.3) is 0 Å². The lowest BCUT2D eigenvalue weighted by Crippen LogP contribution is -2.46. The van der Waals surface area contributed by atoms with Crippen molar-refractivity contribution in [3.8, 4) is 0 Å². The van der Waals surface area contributed by atoms with Gasteiger partial charge < -0.3 is 15.2 Å². The zero-order valence-electron chi connectivity index (χ0n) is 14.7. The summed E-state index contributed by atoms with van der Waals surface area (Å²) >= 11 is 0. The molecule has 1 unspecified atom stereocenters. The molecule has 1 fully saturated rings. The van der Waals surface area contributed by atoms with E-state index in [0.29, 0.717) is 31.9 Å². The summed E-state index contributed by atoms with van der Waals surface area (Å²) in [7, 11) is 0. The number of aromatic carboxylic acids is 1. The molecule has 7 heteroatoms. The Morgan fingerprint density at radius 2 is 1.78 bits per heavy atom. The van der Waals surface area contributed by atoms with Crippen LogP contribution in [-0.2, 0) is 16.1 Å². The van der Waals surface area contributed by atoms with Crippen LogP contribution in [0.4, 0.5) is 4.39 Å². The fourth-order valence-electron chi connectivity index (χ4n) is 3.09. The molecule has 2 N–H and O–H groups in total. The van der Waals surface area contributed by atoms with E-state index >= 15 is 0 Å².